The summed E-state index contributed by atoms with van der Waals surface area (Å²) in [7, 11) is 0. The van der Waals surface area contributed by atoms with Crippen LogP contribution in [0, 0.1) is 0 Å². The molecule has 1 fully saturated rings. The summed E-state index contributed by atoms with van der Waals surface area (Å²) in [5, 5.41) is 3.23. The molecule has 0 saturated carbocycles. The van der Waals surface area contributed by atoms with Gasteiger partial charge in [0.15, 0.2) is 5.96 Å². The van der Waals surface area contributed by atoms with Crippen LogP contribution in [0.1, 0.15) is 24.0 Å². The number of nitrogens with zero attached hydrogens (tertiary/aromatic N) is 2. The van der Waals surface area contributed by atoms with Gasteiger partial charge in [0.1, 0.15) is 0 Å². The molecule has 1 aliphatic heterocycles. The van der Waals surface area contributed by atoms with E-state index >= 15 is 0 Å². The summed E-state index contributed by atoms with van der Waals surface area (Å²) in [4.78, 5) is 7.09. The Hall–Kier alpha value is -1.60. The number of benzene rings is 2. The predicted octanol–water partition coefficient (Wildman–Crippen LogP) is 3.42. The van der Waals surface area contributed by atoms with E-state index in [9.17, 15) is 0 Å². The molecule has 2 aromatic carbocycles. The van der Waals surface area contributed by atoms with E-state index in [0.29, 0.717) is 12.0 Å². The largest absolute Gasteiger partial charge is 0.370 e. The van der Waals surface area contributed by atoms with Gasteiger partial charge in [-0.25, -0.2) is 0 Å². The zero-order chi connectivity index (χ0) is 17.3. The summed E-state index contributed by atoms with van der Waals surface area (Å²) in [6, 6.07) is 21.6. The average molecular weight is 464 g/mol. The molecule has 4 nitrogen and oxygen atoms in total. The maximum atomic E-state index is 6.03. The van der Waals surface area contributed by atoms with Gasteiger partial charge in [0.2, 0.25) is 0 Å². The van der Waals surface area contributed by atoms with Gasteiger partial charge < -0.3 is 11.1 Å². The van der Waals surface area contributed by atoms with Gasteiger partial charge in [0, 0.05) is 19.1 Å². The smallest absolute Gasteiger partial charge is 0.188 e. The van der Waals surface area contributed by atoms with Crippen molar-refractivity contribution in [2.24, 2.45) is 10.7 Å². The van der Waals surface area contributed by atoms with E-state index in [1.54, 1.807) is 0 Å². The SMILES string of the molecule is I.NC(=NCC1CCCN1Cc1ccccc1)NCCc1ccccc1. The molecule has 1 atom stereocenters. The van der Waals surface area contributed by atoms with Gasteiger partial charge in [-0.15, -0.1) is 24.0 Å². The minimum Gasteiger partial charge on any atom is -0.370 e. The molecule has 0 amide bonds. The van der Waals surface area contributed by atoms with Crippen molar-refractivity contribution in [3.63, 3.8) is 0 Å². The fraction of sp³-hybridized carbons (Fsp3) is 0.381. The Labute approximate surface area is 173 Å². The van der Waals surface area contributed by atoms with Gasteiger partial charge >= 0.3 is 0 Å². The first-order chi connectivity index (χ1) is 12.3. The molecular formula is C21H29IN4. The van der Waals surface area contributed by atoms with Crippen molar-refractivity contribution in [3.8, 4) is 0 Å². The number of rotatable bonds is 7. The quantitative estimate of drug-likeness (QED) is 0.375. The Morgan fingerprint density at radius 1 is 1.04 bits per heavy atom. The van der Waals surface area contributed by atoms with Gasteiger partial charge in [-0.2, -0.15) is 0 Å². The second-order valence-corrected chi connectivity index (χ2v) is 6.64. The predicted molar refractivity (Wildman–Crippen MR) is 120 cm³/mol. The lowest BCUT2D eigenvalue weighted by Gasteiger charge is -2.23. The molecule has 1 saturated heterocycles. The van der Waals surface area contributed by atoms with Gasteiger partial charge in [0.25, 0.3) is 0 Å². The number of nitrogens with two attached hydrogens (primary N) is 1. The van der Waals surface area contributed by atoms with Crippen LogP contribution in [0.5, 0.6) is 0 Å². The van der Waals surface area contributed by atoms with E-state index in [4.69, 9.17) is 5.73 Å². The van der Waals surface area contributed by atoms with Crippen LogP contribution in [0.4, 0.5) is 0 Å². The summed E-state index contributed by atoms with van der Waals surface area (Å²) in [6.45, 7) is 3.74. The van der Waals surface area contributed by atoms with Crippen LogP contribution in [0.25, 0.3) is 0 Å². The van der Waals surface area contributed by atoms with E-state index in [1.165, 1.54) is 24.0 Å². The first-order valence-electron chi connectivity index (χ1n) is 9.17. The summed E-state index contributed by atoms with van der Waals surface area (Å²) in [5.74, 6) is 0.558. The van der Waals surface area contributed by atoms with E-state index in [-0.39, 0.29) is 24.0 Å². The molecule has 3 rings (SSSR count). The van der Waals surface area contributed by atoms with Gasteiger partial charge in [-0.3, -0.25) is 9.89 Å². The molecule has 0 aliphatic carbocycles. The summed E-state index contributed by atoms with van der Waals surface area (Å²) < 4.78 is 0. The van der Waals surface area contributed by atoms with E-state index in [2.05, 4.69) is 69.8 Å². The molecule has 0 radical (unpaired) electrons. The number of nitrogens with one attached hydrogen (secondary N) is 1. The molecule has 0 spiro atoms. The molecule has 1 aliphatic rings. The van der Waals surface area contributed by atoms with Crippen LogP contribution in [-0.2, 0) is 13.0 Å². The van der Waals surface area contributed by atoms with Crippen LogP contribution in [0.15, 0.2) is 65.7 Å². The molecule has 3 N–H and O–H groups in total. The Bertz CT molecular complexity index is 660. The van der Waals surface area contributed by atoms with Gasteiger partial charge in [-0.05, 0) is 36.9 Å². The van der Waals surface area contributed by atoms with Crippen molar-refractivity contribution in [3.05, 3.63) is 71.8 Å². The second-order valence-electron chi connectivity index (χ2n) is 6.64. The Kier molecular flexibility index (Phi) is 8.91. The molecule has 1 unspecified atom stereocenters. The third kappa shape index (κ3) is 6.61. The standard InChI is InChI=1S/C21H28N4.HI/c22-21(23-14-13-18-8-3-1-4-9-18)24-16-20-12-7-15-25(20)17-19-10-5-2-6-11-19;/h1-6,8-11,20H,7,12-17H2,(H3,22,23,24);1H. The highest BCUT2D eigenvalue weighted by atomic mass is 127. The fourth-order valence-electron chi connectivity index (χ4n) is 3.37. The van der Waals surface area contributed by atoms with Crippen molar-refractivity contribution < 1.29 is 0 Å². The van der Waals surface area contributed by atoms with Crippen molar-refractivity contribution in [2.45, 2.75) is 31.8 Å². The summed E-state index contributed by atoms with van der Waals surface area (Å²) in [6.07, 6.45) is 3.41. The highest BCUT2D eigenvalue weighted by Crippen LogP contribution is 2.20. The molecule has 0 aromatic heterocycles. The van der Waals surface area contributed by atoms with Crippen LogP contribution < -0.4 is 11.1 Å². The number of hydrogen-bond donors (Lipinski definition) is 2. The van der Waals surface area contributed by atoms with Crippen molar-refractivity contribution in [1.29, 1.82) is 0 Å². The first-order valence-corrected chi connectivity index (χ1v) is 9.17. The number of likely N-dealkylation sites (tertiary alicyclic amines) is 1. The minimum absolute atomic E-state index is 0. The number of guanidine groups is 1. The highest BCUT2D eigenvalue weighted by molar-refractivity contribution is 14.0. The summed E-state index contributed by atoms with van der Waals surface area (Å²) in [5.41, 5.74) is 8.71. The number of hydrogen-bond acceptors (Lipinski definition) is 2. The van der Waals surface area contributed by atoms with Crippen molar-refractivity contribution >= 4 is 29.9 Å². The molecular weight excluding hydrogens is 435 g/mol. The fourth-order valence-corrected chi connectivity index (χ4v) is 3.37. The first kappa shape index (κ1) is 20.7. The van der Waals surface area contributed by atoms with E-state index < -0.39 is 0 Å². The third-order valence-electron chi connectivity index (χ3n) is 4.76. The van der Waals surface area contributed by atoms with Crippen LogP contribution >= 0.6 is 24.0 Å². The van der Waals surface area contributed by atoms with Crippen LogP contribution in [0.2, 0.25) is 0 Å². The van der Waals surface area contributed by atoms with Crippen LogP contribution in [-0.4, -0.2) is 36.5 Å². The molecule has 5 heteroatoms. The molecule has 0 bridgehead atoms. The topological polar surface area (TPSA) is 53.6 Å². The molecule has 140 valence electrons. The van der Waals surface area contributed by atoms with E-state index in [1.807, 2.05) is 6.07 Å². The third-order valence-corrected chi connectivity index (χ3v) is 4.76. The lowest BCUT2D eigenvalue weighted by Crippen LogP contribution is -2.36. The van der Waals surface area contributed by atoms with Crippen LogP contribution in [0.3, 0.4) is 0 Å². The van der Waals surface area contributed by atoms with Crippen molar-refractivity contribution in [2.75, 3.05) is 19.6 Å². The minimum atomic E-state index is 0. The zero-order valence-corrected chi connectivity index (χ0v) is 17.5. The number of aliphatic imine (C=N–C) groups is 1. The van der Waals surface area contributed by atoms with E-state index in [0.717, 1.165) is 32.6 Å². The maximum Gasteiger partial charge on any atom is 0.188 e. The van der Waals surface area contributed by atoms with Gasteiger partial charge in [0.05, 0.1) is 6.54 Å². The Morgan fingerprint density at radius 2 is 1.69 bits per heavy atom. The highest BCUT2D eigenvalue weighted by Gasteiger charge is 2.24. The second kappa shape index (κ2) is 11.2. The normalized spacial score (nSPS) is 17.7. The lowest BCUT2D eigenvalue weighted by atomic mass is 10.1. The Morgan fingerprint density at radius 3 is 2.38 bits per heavy atom. The van der Waals surface area contributed by atoms with Gasteiger partial charge in [-0.1, -0.05) is 60.7 Å². The summed E-state index contributed by atoms with van der Waals surface area (Å²) >= 11 is 0. The molecule has 2 aromatic rings. The Balaban J connectivity index is 0.00000243. The van der Waals surface area contributed by atoms with Crippen molar-refractivity contribution in [1.82, 2.24) is 10.2 Å². The zero-order valence-electron chi connectivity index (χ0n) is 15.2. The molecule has 26 heavy (non-hydrogen) atoms. The lowest BCUT2D eigenvalue weighted by molar-refractivity contribution is 0.250. The monoisotopic (exact) mass is 464 g/mol. The average Bonchev–Trinajstić information content (AvgIpc) is 3.09. The maximum absolute atomic E-state index is 6.03. The number of halogens is 1. The molecule has 1 heterocycles.